The van der Waals surface area contributed by atoms with Gasteiger partial charge in [0.05, 0.1) is 8.07 Å². The summed E-state index contributed by atoms with van der Waals surface area (Å²) in [5.41, 5.74) is 6.15. The van der Waals surface area contributed by atoms with Gasteiger partial charge in [0, 0.05) is 0 Å². The molecule has 0 aliphatic heterocycles. The molecule has 1 aromatic carbocycles. The second-order valence-electron chi connectivity index (χ2n) is 8.44. The lowest BCUT2D eigenvalue weighted by molar-refractivity contribution is 0.0354. The molecule has 0 aromatic heterocycles. The highest BCUT2D eigenvalue weighted by molar-refractivity contribution is 6.86. The van der Waals surface area contributed by atoms with E-state index in [2.05, 4.69) is 50.7 Å². The molecule has 2 nitrogen and oxygen atoms in total. The highest BCUT2D eigenvalue weighted by Crippen LogP contribution is 2.40. The van der Waals surface area contributed by atoms with Crippen LogP contribution in [-0.4, -0.2) is 38.6 Å². The minimum absolute atomic E-state index is 0.816. The highest BCUT2D eigenvalue weighted by Gasteiger charge is 2.42. The fourth-order valence-corrected chi connectivity index (χ4v) is 4.82. The zero-order valence-corrected chi connectivity index (χ0v) is 17.5. The number of hydrogen-bond donors (Lipinski definition) is 2. The summed E-state index contributed by atoms with van der Waals surface area (Å²) >= 11 is 0. The van der Waals surface area contributed by atoms with Crippen LogP contribution in [0.3, 0.4) is 0 Å². The molecule has 2 N–H and O–H groups in total. The molecule has 2 atom stereocenters. The Balaban J connectivity index is 2.58. The van der Waals surface area contributed by atoms with Gasteiger partial charge in [0.1, 0.15) is 20.3 Å². The fraction of sp³-hybridized carbons (Fsp3) is 0.400. The largest absolute Gasteiger partial charge is 0.385 e. The van der Waals surface area contributed by atoms with E-state index in [0.29, 0.717) is 0 Å². The monoisotopic (exact) mass is 356 g/mol. The topological polar surface area (TPSA) is 40.5 Å². The van der Waals surface area contributed by atoms with Crippen LogP contribution in [0.15, 0.2) is 46.7 Å². The summed E-state index contributed by atoms with van der Waals surface area (Å²) in [5, 5.41) is 21.8. The van der Waals surface area contributed by atoms with Gasteiger partial charge in [-0.2, -0.15) is 0 Å². The van der Waals surface area contributed by atoms with Crippen LogP contribution in [0, 0.1) is 11.5 Å². The van der Waals surface area contributed by atoms with E-state index in [1.807, 2.05) is 36.4 Å². The first-order valence-corrected chi connectivity index (χ1v) is 15.4. The van der Waals surface area contributed by atoms with Crippen molar-refractivity contribution >= 4 is 22.2 Å². The van der Waals surface area contributed by atoms with Crippen LogP contribution in [0.25, 0.3) is 6.08 Å². The van der Waals surface area contributed by atoms with E-state index >= 15 is 0 Å². The SMILES string of the molecule is C[Si](C)(C)C#C/C(=C1\C(=C\c2ccccc2)[C@@H](O)[C@H]1O)[Si](C)(C)C. The Kier molecular flexibility index (Phi) is 5.41. The molecule has 1 aromatic rings. The first-order chi connectivity index (χ1) is 11.0. The number of hydrogen-bond acceptors (Lipinski definition) is 2. The van der Waals surface area contributed by atoms with E-state index in [1.165, 1.54) is 0 Å². The summed E-state index contributed by atoms with van der Waals surface area (Å²) in [5.74, 6) is 3.41. The highest BCUT2D eigenvalue weighted by atomic mass is 28.3. The number of rotatable bonds is 2. The molecule has 0 bridgehead atoms. The van der Waals surface area contributed by atoms with Crippen LogP contribution in [0.1, 0.15) is 5.56 Å². The molecule has 0 heterocycles. The molecule has 1 fully saturated rings. The van der Waals surface area contributed by atoms with Crippen molar-refractivity contribution in [1.82, 2.24) is 0 Å². The van der Waals surface area contributed by atoms with Crippen LogP contribution in [-0.2, 0) is 0 Å². The van der Waals surface area contributed by atoms with E-state index in [-0.39, 0.29) is 0 Å². The van der Waals surface area contributed by atoms with Gasteiger partial charge >= 0.3 is 0 Å². The zero-order chi connectivity index (χ0) is 18.1. The van der Waals surface area contributed by atoms with Crippen LogP contribution < -0.4 is 0 Å². The molecule has 4 heteroatoms. The first kappa shape index (κ1) is 18.9. The third kappa shape index (κ3) is 4.37. The van der Waals surface area contributed by atoms with E-state index in [0.717, 1.165) is 21.9 Å². The maximum atomic E-state index is 10.4. The molecular weight excluding hydrogens is 328 g/mol. The van der Waals surface area contributed by atoms with Crippen molar-refractivity contribution in [3.05, 3.63) is 52.2 Å². The summed E-state index contributed by atoms with van der Waals surface area (Å²) in [6, 6.07) is 9.93. The van der Waals surface area contributed by atoms with Gasteiger partial charge in [-0.05, 0) is 28.0 Å². The van der Waals surface area contributed by atoms with Gasteiger partial charge in [0.15, 0.2) is 0 Å². The average Bonchev–Trinajstić information content (AvgIpc) is 2.48. The molecule has 0 amide bonds. The number of allylic oxidation sites excluding steroid dienone is 1. The Morgan fingerprint density at radius 2 is 1.54 bits per heavy atom. The Morgan fingerprint density at radius 3 is 2.04 bits per heavy atom. The maximum absolute atomic E-state index is 10.4. The summed E-state index contributed by atoms with van der Waals surface area (Å²) in [6.07, 6.45) is 0.334. The predicted octanol–water partition coefficient (Wildman–Crippen LogP) is 3.86. The summed E-state index contributed by atoms with van der Waals surface area (Å²) in [4.78, 5) is 0. The Hall–Kier alpha value is -1.39. The average molecular weight is 357 g/mol. The van der Waals surface area contributed by atoms with Gasteiger partial charge in [-0.15, -0.1) is 5.54 Å². The molecular formula is C20H28O2Si2. The molecule has 2 rings (SSSR count). The lowest BCUT2D eigenvalue weighted by Gasteiger charge is -2.39. The summed E-state index contributed by atoms with van der Waals surface area (Å²) in [6.45, 7) is 13.4. The predicted molar refractivity (Wildman–Crippen MR) is 108 cm³/mol. The molecule has 1 saturated carbocycles. The lowest BCUT2D eigenvalue weighted by Crippen LogP contribution is -2.45. The smallest absolute Gasteiger partial charge is 0.129 e. The molecule has 0 spiro atoms. The van der Waals surface area contributed by atoms with Crippen LogP contribution in [0.2, 0.25) is 39.3 Å². The molecule has 24 heavy (non-hydrogen) atoms. The number of benzene rings is 1. The van der Waals surface area contributed by atoms with Crippen molar-refractivity contribution in [2.24, 2.45) is 0 Å². The molecule has 1 aliphatic carbocycles. The van der Waals surface area contributed by atoms with Gasteiger partial charge in [-0.3, -0.25) is 0 Å². The molecule has 1 aliphatic rings. The van der Waals surface area contributed by atoms with Gasteiger partial charge < -0.3 is 10.2 Å². The normalized spacial score (nSPS) is 24.9. The van der Waals surface area contributed by atoms with E-state index in [1.54, 1.807) is 0 Å². The van der Waals surface area contributed by atoms with Gasteiger partial charge in [-0.25, -0.2) is 0 Å². The second kappa shape index (κ2) is 6.85. The Bertz CT molecular complexity index is 723. The van der Waals surface area contributed by atoms with Gasteiger partial charge in [0.25, 0.3) is 0 Å². The van der Waals surface area contributed by atoms with E-state index in [9.17, 15) is 10.2 Å². The van der Waals surface area contributed by atoms with Crippen LogP contribution in [0.5, 0.6) is 0 Å². The summed E-state index contributed by atoms with van der Waals surface area (Å²) in [7, 11) is -3.24. The third-order valence-corrected chi connectivity index (χ3v) is 6.70. The number of aliphatic hydroxyl groups excluding tert-OH is 2. The minimum Gasteiger partial charge on any atom is -0.385 e. The minimum atomic E-state index is -1.73. The quantitative estimate of drug-likeness (QED) is 0.624. The maximum Gasteiger partial charge on any atom is 0.129 e. The van der Waals surface area contributed by atoms with Gasteiger partial charge in [-0.1, -0.05) is 75.5 Å². The third-order valence-electron chi connectivity index (χ3n) is 3.93. The van der Waals surface area contributed by atoms with Crippen molar-refractivity contribution in [2.45, 2.75) is 51.5 Å². The zero-order valence-electron chi connectivity index (χ0n) is 15.5. The Labute approximate surface area is 148 Å². The van der Waals surface area contributed by atoms with E-state index in [4.69, 9.17) is 0 Å². The molecule has 128 valence electrons. The number of aliphatic hydroxyl groups is 2. The lowest BCUT2D eigenvalue weighted by atomic mass is 9.78. The van der Waals surface area contributed by atoms with Crippen molar-refractivity contribution in [3.63, 3.8) is 0 Å². The van der Waals surface area contributed by atoms with Crippen molar-refractivity contribution in [2.75, 3.05) is 0 Å². The second-order valence-corrected chi connectivity index (χ2v) is 18.2. The fourth-order valence-electron chi connectivity index (χ4n) is 2.65. The van der Waals surface area contributed by atoms with Crippen molar-refractivity contribution in [3.8, 4) is 11.5 Å². The Morgan fingerprint density at radius 1 is 0.958 bits per heavy atom. The molecule has 0 unspecified atom stereocenters. The van der Waals surface area contributed by atoms with Crippen molar-refractivity contribution < 1.29 is 10.2 Å². The van der Waals surface area contributed by atoms with Crippen LogP contribution in [0.4, 0.5) is 0 Å². The molecule has 0 saturated heterocycles. The van der Waals surface area contributed by atoms with Crippen molar-refractivity contribution in [1.29, 1.82) is 0 Å². The standard InChI is InChI=1S/C20H28O2Si2/c1-23(2,3)13-12-17(24(4,5)6)18-16(19(21)20(18)22)14-15-10-8-7-9-11-15/h7-11,14,19-22H,1-6H3/b16-14-,18-17-/t19-,20+/m1/s1. The van der Waals surface area contributed by atoms with E-state index < -0.39 is 28.4 Å². The first-order valence-electron chi connectivity index (χ1n) is 8.42. The van der Waals surface area contributed by atoms with Gasteiger partial charge in [0.2, 0.25) is 0 Å². The molecule has 0 radical (unpaired) electrons. The van der Waals surface area contributed by atoms with Crippen LogP contribution >= 0.6 is 0 Å². The summed E-state index contributed by atoms with van der Waals surface area (Å²) < 4.78 is 0.